The van der Waals surface area contributed by atoms with Crippen LogP contribution in [0, 0.1) is 0 Å². The van der Waals surface area contributed by atoms with Crippen molar-refractivity contribution in [2.24, 2.45) is 0 Å². The molecule has 0 aliphatic carbocycles. The van der Waals surface area contributed by atoms with E-state index in [1.807, 2.05) is 70.5 Å². The normalized spacial score (nSPS) is 10.3. The molecule has 1 N–H and O–H groups in total. The van der Waals surface area contributed by atoms with Crippen molar-refractivity contribution in [1.29, 1.82) is 0 Å². The third-order valence-electron chi connectivity index (χ3n) is 6.59. The molecule has 0 atom stereocenters. The standard InChI is InChI=1S/C35H42N6O6/c1-5-30(42)45-23-20-40(25-28-15-9-7-10-16-28)34-37-33(36-19-13-14-22-47-32(44)27(3)4)38-35(39-34)41(21-24-46-31(43)6-2)26-29-17-11-8-12-18-29/h5-12,15-18H,1-3,13-14,19-26H2,4H3,(H,36,37,38,39). The predicted molar refractivity (Wildman–Crippen MR) is 181 cm³/mol. The molecule has 12 heteroatoms. The van der Waals surface area contributed by atoms with Crippen LogP contribution in [0.15, 0.2) is 98.1 Å². The van der Waals surface area contributed by atoms with Gasteiger partial charge in [0, 0.05) is 37.4 Å². The number of anilines is 3. The third kappa shape index (κ3) is 13.2. The monoisotopic (exact) mass is 642 g/mol. The summed E-state index contributed by atoms with van der Waals surface area (Å²) in [6.07, 6.45) is 3.53. The van der Waals surface area contributed by atoms with Gasteiger partial charge < -0.3 is 29.3 Å². The number of carbonyl (C=O) groups excluding carboxylic acids is 3. The Morgan fingerprint density at radius 2 is 1.21 bits per heavy atom. The van der Waals surface area contributed by atoms with Gasteiger partial charge in [0.2, 0.25) is 17.8 Å². The van der Waals surface area contributed by atoms with Crippen LogP contribution in [0.4, 0.5) is 17.8 Å². The zero-order chi connectivity index (χ0) is 33.9. The van der Waals surface area contributed by atoms with Crippen molar-refractivity contribution in [1.82, 2.24) is 15.0 Å². The molecule has 47 heavy (non-hydrogen) atoms. The van der Waals surface area contributed by atoms with Crippen LogP contribution in [0.2, 0.25) is 0 Å². The molecule has 0 radical (unpaired) electrons. The van der Waals surface area contributed by atoms with Crippen molar-refractivity contribution in [3.05, 3.63) is 109 Å². The molecule has 1 aromatic heterocycles. The Labute approximate surface area is 275 Å². The van der Waals surface area contributed by atoms with E-state index in [2.05, 4.69) is 25.1 Å². The van der Waals surface area contributed by atoms with Crippen LogP contribution in [0.3, 0.4) is 0 Å². The fourth-order valence-corrected chi connectivity index (χ4v) is 4.17. The number of nitrogens with one attached hydrogen (secondary N) is 1. The number of esters is 3. The van der Waals surface area contributed by atoms with Crippen molar-refractivity contribution < 1.29 is 28.6 Å². The number of hydrogen-bond donors (Lipinski definition) is 1. The number of unbranched alkanes of at least 4 members (excludes halogenated alkanes) is 1. The molecule has 0 fully saturated rings. The lowest BCUT2D eigenvalue weighted by Crippen LogP contribution is -2.33. The molecule has 0 saturated carbocycles. The van der Waals surface area contributed by atoms with E-state index in [4.69, 9.17) is 29.2 Å². The third-order valence-corrected chi connectivity index (χ3v) is 6.59. The zero-order valence-corrected chi connectivity index (χ0v) is 26.8. The second-order valence-electron chi connectivity index (χ2n) is 10.4. The molecule has 3 aromatic rings. The lowest BCUT2D eigenvalue weighted by atomic mass is 10.2. The first-order valence-electron chi connectivity index (χ1n) is 15.3. The van der Waals surface area contributed by atoms with E-state index >= 15 is 0 Å². The maximum atomic E-state index is 11.8. The highest BCUT2D eigenvalue weighted by molar-refractivity contribution is 5.86. The number of ether oxygens (including phenoxy) is 3. The van der Waals surface area contributed by atoms with E-state index in [0.717, 1.165) is 23.3 Å². The van der Waals surface area contributed by atoms with Gasteiger partial charge in [0.05, 0.1) is 19.7 Å². The molecule has 12 nitrogen and oxygen atoms in total. The maximum absolute atomic E-state index is 11.8. The Morgan fingerprint density at radius 1 is 0.723 bits per heavy atom. The van der Waals surface area contributed by atoms with Crippen LogP contribution in [0.25, 0.3) is 0 Å². The molecule has 0 saturated heterocycles. The Bertz CT molecular complexity index is 1390. The summed E-state index contributed by atoms with van der Waals surface area (Å²) < 4.78 is 15.8. The molecule has 0 amide bonds. The van der Waals surface area contributed by atoms with E-state index in [1.54, 1.807) is 6.92 Å². The highest BCUT2D eigenvalue weighted by atomic mass is 16.5. The summed E-state index contributed by atoms with van der Waals surface area (Å²) in [5.41, 5.74) is 2.36. The second kappa shape index (κ2) is 19.8. The minimum atomic E-state index is -0.527. The molecule has 0 spiro atoms. The largest absolute Gasteiger partial charge is 0.462 e. The predicted octanol–water partition coefficient (Wildman–Crippen LogP) is 4.65. The molecule has 0 aliphatic rings. The van der Waals surface area contributed by atoms with Crippen molar-refractivity contribution >= 4 is 35.8 Å². The Morgan fingerprint density at radius 3 is 1.66 bits per heavy atom. The topological polar surface area (TPSA) is 136 Å². The van der Waals surface area contributed by atoms with Crippen LogP contribution in [0.5, 0.6) is 0 Å². The lowest BCUT2D eigenvalue weighted by Gasteiger charge is -2.27. The molecule has 0 aliphatic heterocycles. The fraction of sp³-hybridized carbons (Fsp3) is 0.314. The van der Waals surface area contributed by atoms with Crippen LogP contribution >= 0.6 is 0 Å². The SMILES string of the molecule is C=CC(=O)OCCN(Cc1ccccc1)c1nc(NCCCCOC(=O)C(=C)C)nc(N(CCOC(=O)C=C)Cc2ccccc2)n1. The number of rotatable bonds is 21. The summed E-state index contributed by atoms with van der Waals surface area (Å²) >= 11 is 0. The highest BCUT2D eigenvalue weighted by Gasteiger charge is 2.19. The van der Waals surface area contributed by atoms with Gasteiger partial charge >= 0.3 is 17.9 Å². The van der Waals surface area contributed by atoms with Gasteiger partial charge in [0.25, 0.3) is 0 Å². The highest BCUT2D eigenvalue weighted by Crippen LogP contribution is 2.21. The molecule has 1 heterocycles. The van der Waals surface area contributed by atoms with Crippen molar-refractivity contribution in [2.75, 3.05) is 54.6 Å². The molecular weight excluding hydrogens is 600 g/mol. The zero-order valence-electron chi connectivity index (χ0n) is 26.8. The van der Waals surface area contributed by atoms with Crippen molar-refractivity contribution in [3.8, 4) is 0 Å². The Kier molecular flexibility index (Phi) is 15.1. The van der Waals surface area contributed by atoms with Gasteiger partial charge in [-0.15, -0.1) is 0 Å². The number of aromatic nitrogens is 3. The summed E-state index contributed by atoms with van der Waals surface area (Å²) in [5.74, 6) is -0.439. The average molecular weight is 643 g/mol. The lowest BCUT2D eigenvalue weighted by molar-refractivity contribution is -0.139. The summed E-state index contributed by atoms with van der Waals surface area (Å²) in [6.45, 7) is 14.5. The van der Waals surface area contributed by atoms with Crippen LogP contribution in [-0.4, -0.2) is 72.3 Å². The second-order valence-corrected chi connectivity index (χ2v) is 10.4. The van der Waals surface area contributed by atoms with Crippen LogP contribution < -0.4 is 15.1 Å². The number of nitrogens with zero attached hydrogens (tertiary/aromatic N) is 5. The summed E-state index contributed by atoms with van der Waals surface area (Å²) in [7, 11) is 0. The smallest absolute Gasteiger partial charge is 0.333 e. The van der Waals surface area contributed by atoms with Gasteiger partial charge in [-0.25, -0.2) is 14.4 Å². The summed E-state index contributed by atoms with van der Waals surface area (Å²) in [6, 6.07) is 19.6. The minimum absolute atomic E-state index is 0.0790. The fourth-order valence-electron chi connectivity index (χ4n) is 4.17. The quantitative estimate of drug-likeness (QED) is 0.0749. The van der Waals surface area contributed by atoms with E-state index < -0.39 is 17.9 Å². The number of benzene rings is 2. The molecule has 248 valence electrons. The van der Waals surface area contributed by atoms with E-state index in [1.165, 1.54) is 0 Å². The van der Waals surface area contributed by atoms with Gasteiger partial charge in [-0.3, -0.25) is 0 Å². The van der Waals surface area contributed by atoms with Crippen molar-refractivity contribution in [2.45, 2.75) is 32.9 Å². The van der Waals surface area contributed by atoms with Crippen molar-refractivity contribution in [3.63, 3.8) is 0 Å². The first kappa shape index (κ1) is 36.0. The number of hydrogen-bond acceptors (Lipinski definition) is 12. The van der Waals surface area contributed by atoms with Crippen LogP contribution in [-0.2, 0) is 41.7 Å². The molecular formula is C35H42N6O6. The first-order chi connectivity index (χ1) is 22.8. The van der Waals surface area contributed by atoms with E-state index in [-0.39, 0.29) is 19.8 Å². The summed E-state index contributed by atoms with van der Waals surface area (Å²) in [5, 5.41) is 3.27. The Balaban J connectivity index is 1.93. The van der Waals surface area contributed by atoms with E-state index in [9.17, 15) is 14.4 Å². The van der Waals surface area contributed by atoms with Gasteiger partial charge in [0.1, 0.15) is 13.2 Å². The average Bonchev–Trinajstić information content (AvgIpc) is 3.09. The molecule has 0 bridgehead atoms. The van der Waals surface area contributed by atoms with Gasteiger partial charge in [-0.2, -0.15) is 15.0 Å². The molecule has 0 unspecified atom stereocenters. The molecule has 3 rings (SSSR count). The van der Waals surface area contributed by atoms with Gasteiger partial charge in [0.15, 0.2) is 0 Å². The maximum Gasteiger partial charge on any atom is 0.333 e. The summed E-state index contributed by atoms with van der Waals surface area (Å²) in [4.78, 5) is 53.4. The van der Waals surface area contributed by atoms with Gasteiger partial charge in [-0.1, -0.05) is 80.4 Å². The minimum Gasteiger partial charge on any atom is -0.462 e. The Hall–Kier alpha value is -5.52. The molecule has 2 aromatic carbocycles. The van der Waals surface area contributed by atoms with E-state index in [0.29, 0.717) is 69.0 Å². The number of carbonyl (C=O) groups is 3. The first-order valence-corrected chi connectivity index (χ1v) is 15.3. The van der Waals surface area contributed by atoms with Crippen LogP contribution in [0.1, 0.15) is 30.9 Å². The van der Waals surface area contributed by atoms with Gasteiger partial charge in [-0.05, 0) is 30.9 Å².